The molecule has 2 amide bonds. The van der Waals surface area contributed by atoms with Crippen molar-refractivity contribution in [3.05, 3.63) is 108 Å². The Morgan fingerprint density at radius 3 is 1.56 bits per heavy atom. The maximum Gasteiger partial charge on any atom is 0.243 e. The Morgan fingerprint density at radius 1 is 0.692 bits per heavy atom. The van der Waals surface area contributed by atoms with Gasteiger partial charge in [-0.3, -0.25) is 14.4 Å². The molecule has 0 radical (unpaired) electrons. The summed E-state index contributed by atoms with van der Waals surface area (Å²) in [5.41, 5.74) is 3.26. The summed E-state index contributed by atoms with van der Waals surface area (Å²) in [6, 6.07) is 30.0. The van der Waals surface area contributed by atoms with E-state index in [0.29, 0.717) is 18.1 Å². The van der Waals surface area contributed by atoms with Crippen LogP contribution in [-0.4, -0.2) is 41.0 Å². The molecule has 206 valence electrons. The van der Waals surface area contributed by atoms with Gasteiger partial charge in [-0.2, -0.15) is 0 Å². The Balaban J connectivity index is 1.93. The Bertz CT molecular complexity index is 1110. The van der Waals surface area contributed by atoms with Gasteiger partial charge in [-0.25, -0.2) is 0 Å². The molecule has 0 bridgehead atoms. The Kier molecular flexibility index (Phi) is 11.7. The van der Waals surface area contributed by atoms with Crippen LogP contribution in [0.25, 0.3) is 0 Å². The third-order valence-corrected chi connectivity index (χ3v) is 9.09. The highest BCUT2D eigenvalue weighted by molar-refractivity contribution is 8.13. The van der Waals surface area contributed by atoms with Crippen LogP contribution < -0.4 is 10.6 Å². The van der Waals surface area contributed by atoms with E-state index in [4.69, 9.17) is 0 Å². The Hall–Kier alpha value is -3.03. The summed E-state index contributed by atoms with van der Waals surface area (Å²) in [6.07, 6.45) is 0. The van der Waals surface area contributed by atoms with Crippen LogP contribution in [0.5, 0.6) is 0 Å². The molecular formula is C32H38N2O3S2. The fourth-order valence-electron chi connectivity index (χ4n) is 4.11. The SMILES string of the molecule is CC(C)C(=O)N[C@@H](CSC(c1ccccc1)(c1ccccc1)c1ccccc1)C(=O)NCCSC(=O)C(C)C. The lowest BCUT2D eigenvalue weighted by molar-refractivity contribution is -0.130. The number of carbonyl (C=O) groups excluding carboxylic acids is 3. The zero-order chi connectivity index (χ0) is 28.3. The van der Waals surface area contributed by atoms with Crippen LogP contribution in [0.2, 0.25) is 0 Å². The maximum absolute atomic E-state index is 13.4. The van der Waals surface area contributed by atoms with Crippen LogP contribution in [0.1, 0.15) is 44.4 Å². The molecule has 0 aromatic heterocycles. The van der Waals surface area contributed by atoms with E-state index in [-0.39, 0.29) is 28.8 Å². The van der Waals surface area contributed by atoms with Crippen molar-refractivity contribution in [3.8, 4) is 0 Å². The topological polar surface area (TPSA) is 75.3 Å². The summed E-state index contributed by atoms with van der Waals surface area (Å²) in [6.45, 7) is 7.70. The average molecular weight is 563 g/mol. The quantitative estimate of drug-likeness (QED) is 0.201. The largest absolute Gasteiger partial charge is 0.353 e. The third kappa shape index (κ3) is 8.23. The van der Waals surface area contributed by atoms with Gasteiger partial charge in [0.05, 0.1) is 4.75 Å². The van der Waals surface area contributed by atoms with Crippen molar-refractivity contribution in [1.82, 2.24) is 10.6 Å². The van der Waals surface area contributed by atoms with Gasteiger partial charge in [-0.05, 0) is 16.7 Å². The van der Waals surface area contributed by atoms with Gasteiger partial charge in [0.2, 0.25) is 11.8 Å². The van der Waals surface area contributed by atoms with Crippen LogP contribution in [0.4, 0.5) is 0 Å². The number of rotatable bonds is 13. The number of thioether (sulfide) groups is 2. The molecule has 3 aromatic carbocycles. The van der Waals surface area contributed by atoms with Crippen LogP contribution in [0, 0.1) is 11.8 Å². The molecule has 0 aliphatic heterocycles. The molecule has 5 nitrogen and oxygen atoms in total. The minimum Gasteiger partial charge on any atom is -0.353 e. The molecule has 0 saturated carbocycles. The van der Waals surface area contributed by atoms with Gasteiger partial charge in [0, 0.05) is 29.9 Å². The standard InChI is InChI=1S/C32H38N2O3S2/c1-23(2)29(35)34-28(30(36)33-20-21-38-31(37)24(3)4)22-39-32(25-14-8-5-9-15-25,26-16-10-6-11-17-26)27-18-12-7-13-19-27/h5-19,23-24,28H,20-22H2,1-4H3,(H,33,36)(H,34,35)/t28-/m0/s1. The molecule has 3 aromatic rings. The third-order valence-electron chi connectivity index (χ3n) is 6.28. The fourth-order valence-corrected chi connectivity index (χ4v) is 6.41. The first kappa shape index (κ1) is 30.5. The second-order valence-electron chi connectivity index (χ2n) is 9.92. The zero-order valence-electron chi connectivity index (χ0n) is 23.1. The number of nitrogens with one attached hydrogen (secondary N) is 2. The van der Waals surface area contributed by atoms with Gasteiger partial charge in [-0.15, -0.1) is 11.8 Å². The first-order valence-electron chi connectivity index (χ1n) is 13.3. The van der Waals surface area contributed by atoms with Crippen molar-refractivity contribution >= 4 is 40.5 Å². The molecule has 39 heavy (non-hydrogen) atoms. The van der Waals surface area contributed by atoms with E-state index >= 15 is 0 Å². The summed E-state index contributed by atoms with van der Waals surface area (Å²) < 4.78 is -0.607. The van der Waals surface area contributed by atoms with E-state index in [1.54, 1.807) is 11.8 Å². The molecule has 3 rings (SSSR count). The summed E-state index contributed by atoms with van der Waals surface area (Å²) in [7, 11) is 0. The lowest BCUT2D eigenvalue weighted by atomic mass is 9.84. The first-order valence-corrected chi connectivity index (χ1v) is 15.3. The highest BCUT2D eigenvalue weighted by atomic mass is 32.2. The zero-order valence-corrected chi connectivity index (χ0v) is 24.7. The van der Waals surface area contributed by atoms with Gasteiger partial charge in [0.15, 0.2) is 5.12 Å². The number of amides is 2. The fraction of sp³-hybridized carbons (Fsp3) is 0.344. The summed E-state index contributed by atoms with van der Waals surface area (Å²) in [5.74, 6) is 0.0972. The monoisotopic (exact) mass is 562 g/mol. The normalized spacial score (nSPS) is 12.3. The Labute approximate surface area is 240 Å². The molecule has 2 N–H and O–H groups in total. The van der Waals surface area contributed by atoms with E-state index in [2.05, 4.69) is 47.0 Å². The molecule has 7 heteroatoms. The highest BCUT2D eigenvalue weighted by Gasteiger charge is 2.38. The molecule has 0 aliphatic carbocycles. The van der Waals surface area contributed by atoms with E-state index in [0.717, 1.165) is 16.7 Å². The second kappa shape index (κ2) is 14.9. The molecule has 0 aliphatic rings. The van der Waals surface area contributed by atoms with Gasteiger partial charge in [-0.1, -0.05) is 130 Å². The number of hydrogen-bond acceptors (Lipinski definition) is 5. The molecule has 0 spiro atoms. The molecule has 0 saturated heterocycles. The number of benzene rings is 3. The van der Waals surface area contributed by atoms with E-state index in [1.807, 2.05) is 82.3 Å². The molecule has 0 fully saturated rings. The molecular weight excluding hydrogens is 524 g/mol. The van der Waals surface area contributed by atoms with E-state index in [9.17, 15) is 14.4 Å². The van der Waals surface area contributed by atoms with Crippen LogP contribution in [0.15, 0.2) is 91.0 Å². The lowest BCUT2D eigenvalue weighted by Gasteiger charge is -2.36. The van der Waals surface area contributed by atoms with E-state index < -0.39 is 10.8 Å². The first-order chi connectivity index (χ1) is 18.8. The van der Waals surface area contributed by atoms with Crippen molar-refractivity contribution in [2.45, 2.75) is 38.5 Å². The summed E-state index contributed by atoms with van der Waals surface area (Å²) in [5, 5.41) is 6.00. The predicted octanol–water partition coefficient (Wildman–Crippen LogP) is 5.88. The van der Waals surface area contributed by atoms with Crippen LogP contribution >= 0.6 is 23.5 Å². The van der Waals surface area contributed by atoms with Gasteiger partial charge < -0.3 is 10.6 Å². The number of hydrogen-bond donors (Lipinski definition) is 2. The minimum absolute atomic E-state index is 0.0535. The Morgan fingerprint density at radius 2 is 1.15 bits per heavy atom. The molecule has 0 unspecified atom stereocenters. The van der Waals surface area contributed by atoms with Crippen LogP contribution in [0.3, 0.4) is 0 Å². The minimum atomic E-state index is -0.744. The van der Waals surface area contributed by atoms with Crippen molar-refractivity contribution in [3.63, 3.8) is 0 Å². The number of carbonyl (C=O) groups is 3. The van der Waals surface area contributed by atoms with Crippen LogP contribution in [-0.2, 0) is 19.1 Å². The lowest BCUT2D eigenvalue weighted by Crippen LogP contribution is -2.50. The average Bonchev–Trinajstić information content (AvgIpc) is 2.96. The van der Waals surface area contributed by atoms with Crippen molar-refractivity contribution in [2.75, 3.05) is 18.1 Å². The molecule has 1 atom stereocenters. The maximum atomic E-state index is 13.4. The second-order valence-corrected chi connectivity index (χ2v) is 12.3. The summed E-state index contributed by atoms with van der Waals surface area (Å²) in [4.78, 5) is 38.1. The summed E-state index contributed by atoms with van der Waals surface area (Å²) >= 11 is 2.85. The predicted molar refractivity (Wildman–Crippen MR) is 164 cm³/mol. The van der Waals surface area contributed by atoms with Gasteiger partial charge >= 0.3 is 0 Å². The van der Waals surface area contributed by atoms with Gasteiger partial charge in [0.25, 0.3) is 0 Å². The van der Waals surface area contributed by atoms with Gasteiger partial charge in [0.1, 0.15) is 6.04 Å². The van der Waals surface area contributed by atoms with Crippen molar-refractivity contribution in [2.24, 2.45) is 11.8 Å². The highest BCUT2D eigenvalue weighted by Crippen LogP contribution is 2.48. The van der Waals surface area contributed by atoms with E-state index in [1.165, 1.54) is 11.8 Å². The van der Waals surface area contributed by atoms with Crippen molar-refractivity contribution in [1.29, 1.82) is 0 Å². The molecule has 0 heterocycles. The smallest absolute Gasteiger partial charge is 0.243 e. The van der Waals surface area contributed by atoms with Crippen molar-refractivity contribution < 1.29 is 14.4 Å².